The summed E-state index contributed by atoms with van der Waals surface area (Å²) >= 11 is 0. The van der Waals surface area contributed by atoms with E-state index in [0.29, 0.717) is 24.5 Å². The predicted molar refractivity (Wildman–Crippen MR) is 117 cm³/mol. The number of rotatable bonds is 1. The highest BCUT2D eigenvalue weighted by Gasteiger charge is 2.19. The highest BCUT2D eigenvalue weighted by Crippen LogP contribution is 2.17. The van der Waals surface area contributed by atoms with Crippen molar-refractivity contribution in [1.82, 2.24) is 25.4 Å². The largest absolute Gasteiger partial charge is 0.349 e. The number of carbonyl (C=O) groups excluding carboxylic acids is 2. The monoisotopic (exact) mass is 406 g/mol. The lowest BCUT2D eigenvalue weighted by Gasteiger charge is -2.09. The molecule has 0 radical (unpaired) electrons. The summed E-state index contributed by atoms with van der Waals surface area (Å²) in [6.45, 7) is 7.81. The second-order valence-electron chi connectivity index (χ2n) is 7.02. The van der Waals surface area contributed by atoms with Crippen LogP contribution in [0.5, 0.6) is 0 Å². The van der Waals surface area contributed by atoms with Crippen molar-refractivity contribution in [2.45, 2.75) is 13.3 Å². The molecule has 1 aliphatic rings. The Morgan fingerprint density at radius 3 is 2.70 bits per heavy atom. The van der Waals surface area contributed by atoms with Crippen molar-refractivity contribution >= 4 is 23.1 Å². The minimum atomic E-state index is -0.420. The van der Waals surface area contributed by atoms with E-state index < -0.39 is 5.91 Å². The molecule has 3 rings (SSSR count). The zero-order chi connectivity index (χ0) is 21.5. The van der Waals surface area contributed by atoms with E-state index in [2.05, 4.69) is 39.5 Å². The van der Waals surface area contributed by atoms with Gasteiger partial charge in [0.2, 0.25) is 0 Å². The van der Waals surface area contributed by atoms with Crippen molar-refractivity contribution in [1.29, 1.82) is 0 Å². The lowest BCUT2D eigenvalue weighted by atomic mass is 10.1. The molecule has 0 unspecified atom stereocenters. The Labute approximate surface area is 175 Å². The van der Waals surface area contributed by atoms with Gasteiger partial charge in [0.1, 0.15) is 5.69 Å². The van der Waals surface area contributed by atoms with E-state index >= 15 is 0 Å². The number of pyridine rings is 1. The number of amides is 2. The Morgan fingerprint density at radius 1 is 1.10 bits per heavy atom. The van der Waals surface area contributed by atoms with Crippen molar-refractivity contribution in [2.24, 2.45) is 7.05 Å². The minimum absolute atomic E-state index is 0.161. The first kappa shape index (κ1) is 21.2. The first-order valence-electron chi connectivity index (χ1n) is 9.79. The van der Waals surface area contributed by atoms with Gasteiger partial charge < -0.3 is 16.0 Å². The highest BCUT2D eigenvalue weighted by molar-refractivity contribution is 6.07. The molecule has 2 bridgehead atoms. The van der Waals surface area contributed by atoms with Crippen molar-refractivity contribution < 1.29 is 9.59 Å². The van der Waals surface area contributed by atoms with Gasteiger partial charge in [0, 0.05) is 26.3 Å². The summed E-state index contributed by atoms with van der Waals surface area (Å²) in [6, 6.07) is 5.22. The number of allylic oxidation sites excluding steroid dienone is 4. The van der Waals surface area contributed by atoms with Gasteiger partial charge in [-0.25, -0.2) is 4.98 Å². The number of anilines is 1. The van der Waals surface area contributed by atoms with Gasteiger partial charge in [0.15, 0.2) is 5.69 Å². The lowest BCUT2D eigenvalue weighted by Crippen LogP contribution is -2.33. The van der Waals surface area contributed by atoms with Crippen LogP contribution in [-0.2, 0) is 7.05 Å². The minimum Gasteiger partial charge on any atom is -0.349 e. The molecule has 2 aromatic rings. The van der Waals surface area contributed by atoms with E-state index in [1.807, 2.05) is 18.2 Å². The highest BCUT2D eigenvalue weighted by atomic mass is 16.2. The predicted octanol–water partition coefficient (Wildman–Crippen LogP) is 2.31. The van der Waals surface area contributed by atoms with E-state index in [1.54, 1.807) is 31.5 Å². The second kappa shape index (κ2) is 9.80. The molecule has 0 fully saturated rings. The molecule has 0 saturated heterocycles. The van der Waals surface area contributed by atoms with Crippen molar-refractivity contribution in [3.63, 3.8) is 0 Å². The summed E-state index contributed by atoms with van der Waals surface area (Å²) in [7, 11) is 1.69. The standard InChI is InChI=1S/C22H26N6O2/c1-4-16-9-8-15(2)10-11-23-12-13-24-22(30)20-19(14-28(3)27-20)26-21(29)18-7-5-6-17(16)25-18/h4-9,14,23H,1,10-13H2,2-3H3,(H,24,30)(H,26,29)/b15-8+,16-9+. The maximum Gasteiger partial charge on any atom is 0.274 e. The van der Waals surface area contributed by atoms with Crippen LogP contribution in [0.25, 0.3) is 5.57 Å². The van der Waals surface area contributed by atoms with Gasteiger partial charge in [-0.15, -0.1) is 0 Å². The molecule has 30 heavy (non-hydrogen) atoms. The van der Waals surface area contributed by atoms with E-state index in [-0.39, 0.29) is 17.3 Å². The molecule has 0 saturated carbocycles. The van der Waals surface area contributed by atoms with Crippen LogP contribution in [0.1, 0.15) is 40.0 Å². The Morgan fingerprint density at radius 2 is 1.90 bits per heavy atom. The average molecular weight is 406 g/mol. The van der Waals surface area contributed by atoms with E-state index in [9.17, 15) is 9.59 Å². The third-order valence-corrected chi connectivity index (χ3v) is 4.62. The summed E-state index contributed by atoms with van der Waals surface area (Å²) in [5, 5.41) is 13.1. The summed E-state index contributed by atoms with van der Waals surface area (Å²) < 4.78 is 1.49. The molecular weight excluding hydrogens is 380 g/mol. The Bertz CT molecular complexity index is 1020. The third kappa shape index (κ3) is 5.30. The number of aryl methyl sites for hydroxylation is 1. The van der Waals surface area contributed by atoms with Gasteiger partial charge in [-0.1, -0.05) is 36.4 Å². The van der Waals surface area contributed by atoms with Gasteiger partial charge in [-0.05, 0) is 37.6 Å². The molecule has 8 nitrogen and oxygen atoms in total. The smallest absolute Gasteiger partial charge is 0.274 e. The quantitative estimate of drug-likeness (QED) is 0.675. The van der Waals surface area contributed by atoms with Crippen LogP contribution in [-0.4, -0.2) is 46.2 Å². The van der Waals surface area contributed by atoms with Crippen LogP contribution >= 0.6 is 0 Å². The average Bonchev–Trinajstić information content (AvgIpc) is 3.10. The molecule has 2 aromatic heterocycles. The molecule has 8 heteroatoms. The second-order valence-corrected chi connectivity index (χ2v) is 7.02. The van der Waals surface area contributed by atoms with E-state index in [4.69, 9.17) is 0 Å². The fourth-order valence-electron chi connectivity index (χ4n) is 2.99. The van der Waals surface area contributed by atoms with E-state index in [1.165, 1.54) is 10.3 Å². The van der Waals surface area contributed by atoms with Gasteiger partial charge in [0.25, 0.3) is 11.8 Å². The van der Waals surface area contributed by atoms with Crippen LogP contribution in [0.15, 0.2) is 54.8 Å². The number of hydrogen-bond acceptors (Lipinski definition) is 5. The third-order valence-electron chi connectivity index (χ3n) is 4.62. The van der Waals surface area contributed by atoms with Crippen molar-refractivity contribution in [3.05, 3.63) is 71.9 Å². The fourth-order valence-corrected chi connectivity index (χ4v) is 2.99. The molecule has 0 spiro atoms. The molecule has 3 N–H and O–H groups in total. The summed E-state index contributed by atoms with van der Waals surface area (Å²) in [5.41, 5.74) is 3.39. The molecule has 156 valence electrons. The van der Waals surface area contributed by atoms with Crippen molar-refractivity contribution in [2.75, 3.05) is 25.0 Å². The molecule has 1 aliphatic heterocycles. The summed E-state index contributed by atoms with van der Waals surface area (Å²) in [6.07, 6.45) is 8.16. The first-order chi connectivity index (χ1) is 14.5. The normalized spacial score (nSPS) is 19.7. The summed E-state index contributed by atoms with van der Waals surface area (Å²) in [5.74, 6) is -0.764. The molecule has 0 aliphatic carbocycles. The number of hydrogen-bond donors (Lipinski definition) is 3. The Balaban J connectivity index is 1.97. The van der Waals surface area contributed by atoms with Crippen molar-refractivity contribution in [3.8, 4) is 0 Å². The van der Waals surface area contributed by atoms with Crippen LogP contribution in [0.4, 0.5) is 5.69 Å². The lowest BCUT2D eigenvalue weighted by molar-refractivity contribution is 0.0949. The Hall–Kier alpha value is -3.52. The van der Waals surface area contributed by atoms with Gasteiger partial charge in [-0.2, -0.15) is 5.10 Å². The molecule has 0 atom stereocenters. The molecule has 3 heterocycles. The maximum absolute atomic E-state index is 12.8. The zero-order valence-electron chi connectivity index (χ0n) is 17.2. The van der Waals surface area contributed by atoms with E-state index in [0.717, 1.165) is 18.5 Å². The zero-order valence-corrected chi connectivity index (χ0v) is 17.2. The summed E-state index contributed by atoms with van der Waals surface area (Å²) in [4.78, 5) is 29.8. The first-order valence-corrected chi connectivity index (χ1v) is 9.79. The molecular formula is C22H26N6O2. The SMILES string of the molecule is C=C/C1=C\C=C(/C)CCNCCNC(=O)c2nn(C)cc2NC(=O)c2cccc1n2. The molecule has 0 aromatic carbocycles. The number of fused-ring (bicyclic) bond motifs is 3. The molecule has 2 amide bonds. The van der Waals surface area contributed by atoms with Gasteiger partial charge >= 0.3 is 0 Å². The maximum atomic E-state index is 12.8. The van der Waals surface area contributed by atoms with Crippen LogP contribution in [0.2, 0.25) is 0 Å². The number of nitrogens with zero attached hydrogens (tertiary/aromatic N) is 3. The number of carbonyl (C=O) groups is 2. The van der Waals surface area contributed by atoms with Gasteiger partial charge in [0.05, 0.1) is 11.4 Å². The number of nitrogens with one attached hydrogen (secondary N) is 3. The number of aromatic nitrogens is 3. The fraction of sp³-hybridized carbons (Fsp3) is 0.273. The topological polar surface area (TPSA) is 101 Å². The van der Waals surface area contributed by atoms with Gasteiger partial charge in [-0.3, -0.25) is 14.3 Å². The Kier molecular flexibility index (Phi) is 6.92. The van der Waals surface area contributed by atoms with Crippen LogP contribution in [0, 0.1) is 0 Å². The van der Waals surface area contributed by atoms with Crippen LogP contribution in [0.3, 0.4) is 0 Å². The van der Waals surface area contributed by atoms with Crippen LogP contribution < -0.4 is 16.0 Å².